The molecule has 6 heteroatoms. The number of nitro groups is 1. The van der Waals surface area contributed by atoms with Crippen LogP contribution in [-0.4, -0.2) is 36.1 Å². The number of rotatable bonds is 5. The van der Waals surface area contributed by atoms with Gasteiger partial charge in [-0.05, 0) is 37.4 Å². The highest BCUT2D eigenvalue weighted by Gasteiger charge is 2.25. The van der Waals surface area contributed by atoms with E-state index in [1.165, 1.54) is 13.2 Å². The Morgan fingerprint density at radius 2 is 2.30 bits per heavy atom. The monoisotopic (exact) mass is 279 g/mol. The fraction of sp³-hybridized carbons (Fsp3) is 0.571. The van der Waals surface area contributed by atoms with Gasteiger partial charge in [0.1, 0.15) is 5.75 Å². The molecule has 1 aliphatic rings. The molecule has 2 N–H and O–H groups in total. The molecule has 0 bridgehead atoms. The van der Waals surface area contributed by atoms with Gasteiger partial charge in [-0.2, -0.15) is 0 Å². The van der Waals surface area contributed by atoms with Crippen LogP contribution in [0.3, 0.4) is 0 Å². The number of benzene rings is 1. The van der Waals surface area contributed by atoms with E-state index in [2.05, 4.69) is 4.90 Å². The Kier molecular flexibility index (Phi) is 4.57. The summed E-state index contributed by atoms with van der Waals surface area (Å²) in [5, 5.41) is 10.9. The third-order valence-electron chi connectivity index (χ3n) is 3.86. The van der Waals surface area contributed by atoms with E-state index in [1.807, 2.05) is 13.0 Å². The van der Waals surface area contributed by atoms with E-state index in [-0.39, 0.29) is 16.7 Å². The van der Waals surface area contributed by atoms with E-state index in [0.29, 0.717) is 18.2 Å². The van der Waals surface area contributed by atoms with Gasteiger partial charge in [0, 0.05) is 25.2 Å². The molecule has 0 aliphatic carbocycles. The van der Waals surface area contributed by atoms with Gasteiger partial charge in [0.2, 0.25) is 0 Å². The van der Waals surface area contributed by atoms with Gasteiger partial charge in [-0.3, -0.25) is 15.0 Å². The minimum atomic E-state index is -0.388. The maximum atomic E-state index is 10.9. The van der Waals surface area contributed by atoms with E-state index >= 15 is 0 Å². The second-order valence-electron chi connectivity index (χ2n) is 5.44. The fourth-order valence-corrected chi connectivity index (χ4v) is 2.65. The molecule has 1 aliphatic heterocycles. The molecular weight excluding hydrogens is 258 g/mol. The first-order valence-electron chi connectivity index (χ1n) is 6.80. The van der Waals surface area contributed by atoms with E-state index in [9.17, 15) is 10.1 Å². The number of methoxy groups -OCH3 is 1. The molecule has 6 nitrogen and oxygen atoms in total. The molecule has 110 valence electrons. The molecule has 1 saturated heterocycles. The number of hydrogen-bond acceptors (Lipinski definition) is 5. The first kappa shape index (κ1) is 14.7. The molecule has 0 amide bonds. The number of nitrogens with two attached hydrogens (primary N) is 1. The summed E-state index contributed by atoms with van der Waals surface area (Å²) < 4.78 is 5.13. The molecule has 1 aromatic rings. The third kappa shape index (κ3) is 3.46. The second-order valence-corrected chi connectivity index (χ2v) is 5.44. The van der Waals surface area contributed by atoms with Gasteiger partial charge in [0.05, 0.1) is 18.1 Å². The van der Waals surface area contributed by atoms with Crippen LogP contribution < -0.4 is 10.5 Å². The zero-order chi connectivity index (χ0) is 14.7. The van der Waals surface area contributed by atoms with E-state index in [0.717, 1.165) is 25.1 Å². The summed E-state index contributed by atoms with van der Waals surface area (Å²) >= 11 is 0. The average molecular weight is 279 g/mol. The molecule has 20 heavy (non-hydrogen) atoms. The van der Waals surface area contributed by atoms with Crippen LogP contribution in [-0.2, 0) is 6.54 Å². The molecule has 0 aromatic heterocycles. The van der Waals surface area contributed by atoms with Crippen molar-refractivity contribution in [2.75, 3.05) is 20.2 Å². The Hall–Kier alpha value is -1.66. The van der Waals surface area contributed by atoms with E-state index in [4.69, 9.17) is 10.5 Å². The molecule has 0 spiro atoms. The molecular formula is C14H21N3O3. The highest BCUT2D eigenvalue weighted by atomic mass is 16.6. The van der Waals surface area contributed by atoms with Crippen molar-refractivity contribution in [3.8, 4) is 5.75 Å². The maximum Gasteiger partial charge on any atom is 0.273 e. The van der Waals surface area contributed by atoms with Crippen molar-refractivity contribution in [2.45, 2.75) is 25.9 Å². The normalized spacial score (nSPS) is 20.9. The molecule has 2 unspecified atom stereocenters. The summed E-state index contributed by atoms with van der Waals surface area (Å²) in [7, 11) is 1.52. The Labute approximate surface area is 118 Å². The number of hydrogen-bond donors (Lipinski definition) is 1. The molecule has 0 radical (unpaired) electrons. The fourth-order valence-electron chi connectivity index (χ4n) is 2.65. The summed E-state index contributed by atoms with van der Waals surface area (Å²) in [6.07, 6.45) is 1.09. The van der Waals surface area contributed by atoms with Crippen molar-refractivity contribution in [2.24, 2.45) is 11.7 Å². The lowest BCUT2D eigenvalue weighted by Gasteiger charge is -2.18. The lowest BCUT2D eigenvalue weighted by molar-refractivity contribution is -0.385. The van der Waals surface area contributed by atoms with Gasteiger partial charge >= 0.3 is 0 Å². The molecule has 0 saturated carbocycles. The molecule has 1 aromatic carbocycles. The number of non-ortho nitro benzene ring substituents is 1. The lowest BCUT2D eigenvalue weighted by atomic mass is 10.0. The summed E-state index contributed by atoms with van der Waals surface area (Å²) in [5.41, 5.74) is 6.90. The lowest BCUT2D eigenvalue weighted by Crippen LogP contribution is -2.29. The van der Waals surface area contributed by atoms with Crippen LogP contribution >= 0.6 is 0 Å². The number of nitrogens with zero attached hydrogens (tertiary/aromatic N) is 2. The van der Waals surface area contributed by atoms with Crippen LogP contribution in [0.5, 0.6) is 5.75 Å². The third-order valence-corrected chi connectivity index (χ3v) is 3.86. The predicted molar refractivity (Wildman–Crippen MR) is 76.7 cm³/mol. The number of nitro benzene ring substituents is 1. The Morgan fingerprint density at radius 3 is 2.85 bits per heavy atom. The first-order valence-corrected chi connectivity index (χ1v) is 6.80. The summed E-state index contributed by atoms with van der Waals surface area (Å²) in [6, 6.07) is 5.10. The maximum absolute atomic E-state index is 10.9. The topological polar surface area (TPSA) is 81.6 Å². The van der Waals surface area contributed by atoms with Gasteiger partial charge in [-0.15, -0.1) is 0 Å². The SMILES string of the molecule is COc1cc(CN2CCC(C(C)N)C2)cc([N+](=O)[O-])c1. The van der Waals surface area contributed by atoms with Crippen molar-refractivity contribution in [1.29, 1.82) is 0 Å². The zero-order valence-electron chi connectivity index (χ0n) is 11.9. The first-order chi connectivity index (χ1) is 9.49. The predicted octanol–water partition coefficient (Wildman–Crippen LogP) is 1.77. The number of ether oxygens (including phenoxy) is 1. The van der Waals surface area contributed by atoms with Crippen LogP contribution in [0.4, 0.5) is 5.69 Å². The Bertz CT molecular complexity index is 491. The van der Waals surface area contributed by atoms with E-state index in [1.54, 1.807) is 6.07 Å². The number of likely N-dealkylation sites (tertiary alicyclic amines) is 1. The Balaban J connectivity index is 2.09. The van der Waals surface area contributed by atoms with Crippen LogP contribution in [0.25, 0.3) is 0 Å². The van der Waals surface area contributed by atoms with Gasteiger partial charge in [-0.25, -0.2) is 0 Å². The van der Waals surface area contributed by atoms with E-state index < -0.39 is 0 Å². The van der Waals surface area contributed by atoms with Crippen LogP contribution in [0, 0.1) is 16.0 Å². The van der Waals surface area contributed by atoms with Gasteiger partial charge in [0.25, 0.3) is 5.69 Å². The molecule has 1 heterocycles. The quantitative estimate of drug-likeness (QED) is 0.656. The second kappa shape index (κ2) is 6.19. The van der Waals surface area contributed by atoms with Crippen LogP contribution in [0.15, 0.2) is 18.2 Å². The largest absolute Gasteiger partial charge is 0.496 e. The average Bonchev–Trinajstić information content (AvgIpc) is 2.87. The van der Waals surface area contributed by atoms with Gasteiger partial charge in [-0.1, -0.05) is 0 Å². The van der Waals surface area contributed by atoms with Crippen LogP contribution in [0.1, 0.15) is 18.9 Å². The minimum Gasteiger partial charge on any atom is -0.496 e. The minimum absolute atomic E-state index is 0.0716. The highest BCUT2D eigenvalue weighted by molar-refractivity contribution is 5.42. The van der Waals surface area contributed by atoms with Gasteiger partial charge in [0.15, 0.2) is 0 Å². The van der Waals surface area contributed by atoms with Crippen molar-refractivity contribution in [1.82, 2.24) is 4.90 Å². The molecule has 2 rings (SSSR count). The zero-order valence-corrected chi connectivity index (χ0v) is 11.9. The van der Waals surface area contributed by atoms with Crippen LogP contribution in [0.2, 0.25) is 0 Å². The Morgan fingerprint density at radius 1 is 1.55 bits per heavy atom. The smallest absolute Gasteiger partial charge is 0.273 e. The highest BCUT2D eigenvalue weighted by Crippen LogP contribution is 2.26. The summed E-state index contributed by atoms with van der Waals surface area (Å²) in [4.78, 5) is 12.8. The van der Waals surface area contributed by atoms with Gasteiger partial charge < -0.3 is 10.5 Å². The molecule has 2 atom stereocenters. The van der Waals surface area contributed by atoms with Crippen molar-refractivity contribution in [3.63, 3.8) is 0 Å². The van der Waals surface area contributed by atoms with Crippen molar-refractivity contribution in [3.05, 3.63) is 33.9 Å². The summed E-state index contributed by atoms with van der Waals surface area (Å²) in [6.45, 7) is 4.66. The van der Waals surface area contributed by atoms with Crippen molar-refractivity contribution >= 4 is 5.69 Å². The summed E-state index contributed by atoms with van der Waals surface area (Å²) in [5.74, 6) is 1.03. The standard InChI is InChI=1S/C14H21N3O3/c1-10(15)12-3-4-16(9-12)8-11-5-13(17(18)19)7-14(6-11)20-2/h5-7,10,12H,3-4,8-9,15H2,1-2H3. The molecule has 1 fully saturated rings. The van der Waals surface area contributed by atoms with Crippen molar-refractivity contribution < 1.29 is 9.66 Å².